The quantitative estimate of drug-likeness (QED) is 0.470. The number of carbonyl (C=O) groups excluding carboxylic acids is 2. The molecule has 2 N–H and O–H groups in total. The molecule has 2 aromatic heterocycles. The van der Waals surface area contributed by atoms with Crippen LogP contribution in [0.3, 0.4) is 0 Å². The number of ether oxygens (including phenoxy) is 1. The Bertz CT molecular complexity index is 1380. The molecule has 2 aliphatic rings. The van der Waals surface area contributed by atoms with Gasteiger partial charge in [0.1, 0.15) is 17.3 Å². The molecule has 1 aromatic carbocycles. The summed E-state index contributed by atoms with van der Waals surface area (Å²) in [5.41, 5.74) is 3.48. The van der Waals surface area contributed by atoms with E-state index in [1.165, 1.54) is 7.11 Å². The van der Waals surface area contributed by atoms with Gasteiger partial charge in [-0.3, -0.25) is 9.59 Å². The number of amidine groups is 1. The van der Waals surface area contributed by atoms with Crippen LogP contribution in [0.5, 0.6) is 5.88 Å². The summed E-state index contributed by atoms with van der Waals surface area (Å²) in [6.45, 7) is 7.72. The minimum absolute atomic E-state index is 0.107. The van der Waals surface area contributed by atoms with E-state index >= 15 is 0 Å². The number of benzene rings is 1. The van der Waals surface area contributed by atoms with E-state index < -0.39 is 23.6 Å². The highest BCUT2D eigenvalue weighted by Crippen LogP contribution is 2.35. The lowest BCUT2D eigenvalue weighted by atomic mass is 9.90. The van der Waals surface area contributed by atoms with Gasteiger partial charge in [0, 0.05) is 19.0 Å². The number of methoxy groups -OCH3 is 1. The predicted octanol–water partition coefficient (Wildman–Crippen LogP) is 3.26. The van der Waals surface area contributed by atoms with Crippen LogP contribution in [-0.4, -0.2) is 63.6 Å². The van der Waals surface area contributed by atoms with E-state index in [4.69, 9.17) is 9.26 Å². The van der Waals surface area contributed by atoms with Crippen LogP contribution in [0.2, 0.25) is 0 Å². The number of aliphatic hydroxyl groups excluding tert-OH is 1. The Labute approximate surface area is 224 Å². The zero-order chi connectivity index (χ0) is 27.2. The van der Waals surface area contributed by atoms with Crippen LogP contribution < -0.4 is 10.1 Å². The molecular weight excluding hydrogens is 506 g/mol. The fourth-order valence-corrected chi connectivity index (χ4v) is 6.00. The van der Waals surface area contributed by atoms with Gasteiger partial charge in [-0.15, -0.1) is 11.3 Å². The molecule has 0 saturated carbocycles. The highest BCUT2D eigenvalue weighted by Gasteiger charge is 2.48. The van der Waals surface area contributed by atoms with Crippen molar-refractivity contribution in [2.75, 3.05) is 13.7 Å². The number of thiazole rings is 1. The number of nitrogens with one attached hydrogen (secondary N) is 1. The number of nitrogens with zero attached hydrogens (tertiary/aromatic N) is 4. The fourth-order valence-electron chi connectivity index (χ4n) is 5.19. The Kier molecular flexibility index (Phi) is 6.83. The molecule has 2 amide bonds. The number of aromatic nitrogens is 2. The number of rotatable bonds is 7. The van der Waals surface area contributed by atoms with Gasteiger partial charge in [0.25, 0.3) is 11.8 Å². The monoisotopic (exact) mass is 537 g/mol. The first kappa shape index (κ1) is 26.1. The Morgan fingerprint density at radius 3 is 2.66 bits per heavy atom. The van der Waals surface area contributed by atoms with Gasteiger partial charge in [0.15, 0.2) is 5.76 Å². The number of aryl methyl sites for hydroxylation is 1. The number of hydrogen-bond acceptors (Lipinski definition) is 9. The van der Waals surface area contributed by atoms with Crippen molar-refractivity contribution in [3.8, 4) is 16.3 Å². The van der Waals surface area contributed by atoms with Gasteiger partial charge in [-0.05, 0) is 36.0 Å². The molecule has 0 radical (unpaired) electrons. The van der Waals surface area contributed by atoms with Gasteiger partial charge in [-0.2, -0.15) is 4.99 Å². The van der Waals surface area contributed by atoms with Crippen LogP contribution in [0.4, 0.5) is 0 Å². The van der Waals surface area contributed by atoms with Gasteiger partial charge in [-0.1, -0.05) is 38.1 Å². The summed E-state index contributed by atoms with van der Waals surface area (Å²) in [6, 6.07) is 8.80. The first-order chi connectivity index (χ1) is 18.1. The van der Waals surface area contributed by atoms with Crippen molar-refractivity contribution in [1.82, 2.24) is 20.4 Å². The van der Waals surface area contributed by atoms with Crippen molar-refractivity contribution in [3.63, 3.8) is 0 Å². The third-order valence-electron chi connectivity index (χ3n) is 7.33. The van der Waals surface area contributed by atoms with Crippen molar-refractivity contribution in [3.05, 3.63) is 52.9 Å². The summed E-state index contributed by atoms with van der Waals surface area (Å²) in [6.07, 6.45) is -0.468. The third kappa shape index (κ3) is 4.49. The maximum absolute atomic E-state index is 13.8. The molecule has 4 heterocycles. The SMILES string of the molecule is COc1cc(C(C(=O)N2C[C@H](O)C[C@H]2C2=NC(=O)[C@](C)(c3ccc(-c4scnc4C)cc3)N2)C(C)C)on1. The molecular formula is C27H31N5O5S. The molecule has 200 valence electrons. The summed E-state index contributed by atoms with van der Waals surface area (Å²) in [5, 5.41) is 17.7. The molecule has 1 unspecified atom stereocenters. The molecule has 38 heavy (non-hydrogen) atoms. The second kappa shape index (κ2) is 9.95. The summed E-state index contributed by atoms with van der Waals surface area (Å²) in [7, 11) is 1.48. The summed E-state index contributed by atoms with van der Waals surface area (Å²) < 4.78 is 10.5. The average Bonchev–Trinajstić information content (AvgIpc) is 3.67. The minimum atomic E-state index is -1.09. The van der Waals surface area contributed by atoms with Crippen LogP contribution in [-0.2, 0) is 15.1 Å². The van der Waals surface area contributed by atoms with Crippen molar-refractivity contribution in [1.29, 1.82) is 0 Å². The largest absolute Gasteiger partial charge is 0.479 e. The molecule has 4 atom stereocenters. The molecule has 10 nitrogen and oxygen atoms in total. The fraction of sp³-hybridized carbons (Fsp3) is 0.444. The Morgan fingerprint density at radius 2 is 2.05 bits per heavy atom. The van der Waals surface area contributed by atoms with E-state index in [9.17, 15) is 14.7 Å². The number of aliphatic hydroxyl groups is 1. The molecule has 1 fully saturated rings. The second-order valence-corrected chi connectivity index (χ2v) is 11.1. The van der Waals surface area contributed by atoms with Gasteiger partial charge in [-0.25, -0.2) is 4.98 Å². The van der Waals surface area contributed by atoms with E-state index in [2.05, 4.69) is 20.4 Å². The molecule has 11 heteroatoms. The highest BCUT2D eigenvalue weighted by atomic mass is 32.1. The van der Waals surface area contributed by atoms with E-state index in [1.54, 1.807) is 29.2 Å². The number of hydrogen-bond donors (Lipinski definition) is 2. The first-order valence-corrected chi connectivity index (χ1v) is 13.4. The zero-order valence-electron chi connectivity index (χ0n) is 22.0. The molecule has 2 aliphatic heterocycles. The lowest BCUT2D eigenvalue weighted by Crippen LogP contribution is -2.51. The predicted molar refractivity (Wildman–Crippen MR) is 142 cm³/mol. The van der Waals surface area contributed by atoms with Crippen molar-refractivity contribution >= 4 is 29.0 Å². The normalized spacial score (nSPS) is 24.0. The second-order valence-electron chi connectivity index (χ2n) is 10.3. The Morgan fingerprint density at radius 1 is 1.32 bits per heavy atom. The summed E-state index contributed by atoms with van der Waals surface area (Å²) in [4.78, 5) is 38.4. The molecule has 0 spiro atoms. The highest BCUT2D eigenvalue weighted by molar-refractivity contribution is 7.13. The maximum atomic E-state index is 13.8. The van der Waals surface area contributed by atoms with Gasteiger partial charge in [0.05, 0.1) is 35.3 Å². The molecule has 3 aromatic rings. The van der Waals surface area contributed by atoms with Gasteiger partial charge >= 0.3 is 0 Å². The van der Waals surface area contributed by atoms with E-state index in [1.807, 2.05) is 50.5 Å². The topological polar surface area (TPSA) is 130 Å². The minimum Gasteiger partial charge on any atom is -0.479 e. The van der Waals surface area contributed by atoms with Crippen LogP contribution in [0.25, 0.3) is 10.4 Å². The van der Waals surface area contributed by atoms with E-state index in [0.29, 0.717) is 11.6 Å². The smallest absolute Gasteiger partial charge is 0.277 e. The van der Waals surface area contributed by atoms with Crippen LogP contribution in [0.15, 0.2) is 45.4 Å². The van der Waals surface area contributed by atoms with Crippen LogP contribution in [0.1, 0.15) is 50.1 Å². The van der Waals surface area contributed by atoms with E-state index in [-0.39, 0.29) is 36.6 Å². The third-order valence-corrected chi connectivity index (χ3v) is 8.31. The van der Waals surface area contributed by atoms with Gasteiger partial charge < -0.3 is 24.6 Å². The van der Waals surface area contributed by atoms with Crippen molar-refractivity contribution in [2.45, 2.75) is 57.7 Å². The maximum Gasteiger partial charge on any atom is 0.277 e. The molecule has 1 saturated heterocycles. The number of aliphatic imine (C=N–C) groups is 1. The molecule has 0 bridgehead atoms. The number of β-amino-alcohol motifs (C(OH)–C–C–N with tert-alkyl or cyclic N) is 1. The molecule has 0 aliphatic carbocycles. The summed E-state index contributed by atoms with van der Waals surface area (Å²) in [5.74, 6) is -0.256. The van der Waals surface area contributed by atoms with Crippen molar-refractivity contribution in [2.24, 2.45) is 10.9 Å². The number of amides is 2. The van der Waals surface area contributed by atoms with Crippen molar-refractivity contribution < 1.29 is 24.0 Å². The van der Waals surface area contributed by atoms with Crippen LogP contribution in [0, 0.1) is 12.8 Å². The zero-order valence-corrected chi connectivity index (χ0v) is 22.8. The van der Waals surface area contributed by atoms with Gasteiger partial charge in [0.2, 0.25) is 5.91 Å². The lowest BCUT2D eigenvalue weighted by Gasteiger charge is -2.31. The van der Waals surface area contributed by atoms with E-state index in [0.717, 1.165) is 21.7 Å². The average molecular weight is 538 g/mol. The Balaban J connectivity index is 1.39. The first-order valence-electron chi connectivity index (χ1n) is 12.5. The lowest BCUT2D eigenvalue weighted by molar-refractivity contribution is -0.134. The number of likely N-dealkylation sites (tertiary alicyclic amines) is 1. The van der Waals surface area contributed by atoms with Crippen LogP contribution >= 0.6 is 11.3 Å². The Hall–Kier alpha value is -3.57. The number of carbonyl (C=O) groups is 2. The summed E-state index contributed by atoms with van der Waals surface area (Å²) >= 11 is 1.57. The standard InChI is InChI=1S/C27H31N5O5S/c1-14(2)22(20-11-21(36-5)31-37-20)25(34)32-12-18(33)10-19(32)24-29-26(35)27(4,30-24)17-8-6-16(7-9-17)23-15(3)28-13-38-23/h6-9,11,13-14,18-19,22,33H,10,12H2,1-5H3,(H,29,30,35)/t18-,19+,22?,27+/m1/s1. The molecule has 5 rings (SSSR count).